The molecule has 104 valence electrons. The maximum Gasteiger partial charge on any atom is 0.317 e. The van der Waals surface area contributed by atoms with Crippen LogP contribution in [0.1, 0.15) is 26.2 Å². The Balaban J connectivity index is 2.30. The number of nitrogens with one attached hydrogen (secondary N) is 1. The van der Waals surface area contributed by atoms with Crippen molar-refractivity contribution in [1.82, 2.24) is 10.2 Å². The second-order valence-corrected chi connectivity index (χ2v) is 4.93. The van der Waals surface area contributed by atoms with Gasteiger partial charge in [-0.25, -0.2) is 4.79 Å². The fourth-order valence-corrected chi connectivity index (χ4v) is 1.94. The number of piperidine rings is 1. The Labute approximate surface area is 107 Å². The maximum absolute atomic E-state index is 11.8. The van der Waals surface area contributed by atoms with E-state index in [0.717, 1.165) is 6.42 Å². The molecule has 1 heterocycles. The van der Waals surface area contributed by atoms with Gasteiger partial charge in [-0.3, -0.25) is 4.79 Å². The highest BCUT2D eigenvalue weighted by molar-refractivity contribution is 5.76. The molecule has 6 heteroatoms. The fraction of sp³-hybridized carbons (Fsp3) is 0.833. The van der Waals surface area contributed by atoms with Crippen LogP contribution >= 0.6 is 0 Å². The molecule has 0 aromatic rings. The Kier molecular flexibility index (Phi) is 5.40. The molecule has 0 radical (unpaired) electrons. The zero-order valence-corrected chi connectivity index (χ0v) is 11.1. The van der Waals surface area contributed by atoms with Gasteiger partial charge in [-0.05, 0) is 26.2 Å². The quantitative estimate of drug-likeness (QED) is 0.719. The van der Waals surface area contributed by atoms with Gasteiger partial charge in [-0.15, -0.1) is 0 Å². The van der Waals surface area contributed by atoms with E-state index in [1.54, 1.807) is 18.9 Å². The van der Waals surface area contributed by atoms with Crippen molar-refractivity contribution < 1.29 is 19.4 Å². The van der Waals surface area contributed by atoms with E-state index in [2.05, 4.69) is 5.32 Å². The van der Waals surface area contributed by atoms with Gasteiger partial charge >= 0.3 is 12.0 Å². The lowest BCUT2D eigenvalue weighted by molar-refractivity contribution is -0.150. The Morgan fingerprint density at radius 3 is 2.50 bits per heavy atom. The summed E-state index contributed by atoms with van der Waals surface area (Å²) in [6.07, 6.45) is 1.80. The van der Waals surface area contributed by atoms with Gasteiger partial charge in [-0.1, -0.05) is 0 Å². The van der Waals surface area contributed by atoms with Crippen LogP contribution in [0.4, 0.5) is 4.79 Å². The molecule has 0 unspecified atom stereocenters. The van der Waals surface area contributed by atoms with Crippen LogP contribution in [0, 0.1) is 5.41 Å². The van der Waals surface area contributed by atoms with Crippen molar-refractivity contribution >= 4 is 12.0 Å². The Bertz CT molecular complexity index is 298. The second kappa shape index (κ2) is 6.58. The van der Waals surface area contributed by atoms with Crippen molar-refractivity contribution in [3.63, 3.8) is 0 Å². The van der Waals surface area contributed by atoms with Crippen LogP contribution < -0.4 is 5.32 Å². The molecular formula is C12H22N2O4. The van der Waals surface area contributed by atoms with E-state index in [4.69, 9.17) is 9.84 Å². The van der Waals surface area contributed by atoms with Gasteiger partial charge < -0.3 is 20.1 Å². The number of nitrogens with zero attached hydrogens (tertiary/aromatic N) is 1. The molecule has 0 aliphatic carbocycles. The van der Waals surface area contributed by atoms with Crippen molar-refractivity contribution in [2.45, 2.75) is 26.2 Å². The number of aliphatic carboxylic acids is 1. The maximum atomic E-state index is 11.8. The number of carbonyl (C=O) groups excluding carboxylic acids is 1. The van der Waals surface area contributed by atoms with E-state index in [9.17, 15) is 9.59 Å². The molecule has 2 amide bonds. The van der Waals surface area contributed by atoms with Crippen LogP contribution in [0.25, 0.3) is 0 Å². The number of amides is 2. The molecule has 0 saturated carbocycles. The molecular weight excluding hydrogens is 236 g/mol. The van der Waals surface area contributed by atoms with E-state index in [1.807, 2.05) is 0 Å². The molecule has 0 bridgehead atoms. The van der Waals surface area contributed by atoms with Crippen molar-refractivity contribution in [3.05, 3.63) is 0 Å². The third-order valence-corrected chi connectivity index (χ3v) is 3.47. The third-order valence-electron chi connectivity index (χ3n) is 3.47. The molecule has 0 aromatic carbocycles. The van der Waals surface area contributed by atoms with Gasteiger partial charge in [-0.2, -0.15) is 0 Å². The monoisotopic (exact) mass is 258 g/mol. The lowest BCUT2D eigenvalue weighted by atomic mass is 9.80. The summed E-state index contributed by atoms with van der Waals surface area (Å²) in [5.41, 5.74) is -0.688. The SMILES string of the molecule is COCCCNC(=O)N1CCC(C)(C(=O)O)CC1. The van der Waals surface area contributed by atoms with Gasteiger partial charge in [0.15, 0.2) is 0 Å². The Morgan fingerprint density at radius 1 is 1.39 bits per heavy atom. The smallest absolute Gasteiger partial charge is 0.317 e. The average Bonchev–Trinajstić information content (AvgIpc) is 2.35. The summed E-state index contributed by atoms with van der Waals surface area (Å²) in [4.78, 5) is 24.5. The van der Waals surface area contributed by atoms with E-state index >= 15 is 0 Å². The number of carbonyl (C=O) groups is 2. The van der Waals surface area contributed by atoms with E-state index in [1.165, 1.54) is 0 Å². The number of urea groups is 1. The molecule has 2 N–H and O–H groups in total. The van der Waals surface area contributed by atoms with Crippen LogP contribution in [-0.4, -0.2) is 55.4 Å². The van der Waals surface area contributed by atoms with Crippen molar-refractivity contribution in [3.8, 4) is 0 Å². The number of ether oxygens (including phenoxy) is 1. The second-order valence-electron chi connectivity index (χ2n) is 4.93. The average molecular weight is 258 g/mol. The summed E-state index contributed by atoms with van der Waals surface area (Å²) in [7, 11) is 1.62. The number of hydrogen-bond acceptors (Lipinski definition) is 3. The summed E-state index contributed by atoms with van der Waals surface area (Å²) >= 11 is 0. The normalized spacial score (nSPS) is 18.4. The van der Waals surface area contributed by atoms with Crippen LogP contribution in [0.2, 0.25) is 0 Å². The van der Waals surface area contributed by atoms with Crippen LogP contribution in [0.5, 0.6) is 0 Å². The predicted molar refractivity (Wildman–Crippen MR) is 66.4 cm³/mol. The number of likely N-dealkylation sites (tertiary alicyclic amines) is 1. The number of rotatable bonds is 5. The molecule has 0 spiro atoms. The fourth-order valence-electron chi connectivity index (χ4n) is 1.94. The minimum atomic E-state index is -0.775. The zero-order chi connectivity index (χ0) is 13.6. The molecule has 1 rings (SSSR count). The molecule has 0 atom stereocenters. The van der Waals surface area contributed by atoms with E-state index in [-0.39, 0.29) is 6.03 Å². The van der Waals surface area contributed by atoms with E-state index in [0.29, 0.717) is 39.1 Å². The van der Waals surface area contributed by atoms with Crippen molar-refractivity contribution in [2.24, 2.45) is 5.41 Å². The van der Waals surface area contributed by atoms with Crippen molar-refractivity contribution in [2.75, 3.05) is 33.4 Å². The first kappa shape index (κ1) is 14.8. The molecule has 1 aliphatic rings. The first-order valence-corrected chi connectivity index (χ1v) is 6.25. The summed E-state index contributed by atoms with van der Waals surface area (Å²) in [5, 5.41) is 11.9. The first-order chi connectivity index (χ1) is 8.49. The summed E-state index contributed by atoms with van der Waals surface area (Å²) in [6, 6.07) is -0.112. The Hall–Kier alpha value is -1.30. The third kappa shape index (κ3) is 3.87. The Morgan fingerprint density at radius 2 is 2.00 bits per heavy atom. The molecule has 6 nitrogen and oxygen atoms in total. The minimum absolute atomic E-state index is 0.112. The highest BCUT2D eigenvalue weighted by Crippen LogP contribution is 2.30. The molecule has 18 heavy (non-hydrogen) atoms. The molecule has 1 fully saturated rings. The summed E-state index contributed by atoms with van der Waals surface area (Å²) in [6.45, 7) is 3.94. The van der Waals surface area contributed by atoms with Gasteiger partial charge in [0.05, 0.1) is 5.41 Å². The summed E-state index contributed by atoms with van der Waals surface area (Å²) < 4.78 is 4.89. The topological polar surface area (TPSA) is 78.9 Å². The van der Waals surface area contributed by atoms with Gasteiger partial charge in [0.25, 0.3) is 0 Å². The lowest BCUT2D eigenvalue weighted by Crippen LogP contribution is -2.48. The van der Waals surface area contributed by atoms with E-state index < -0.39 is 11.4 Å². The zero-order valence-electron chi connectivity index (χ0n) is 11.1. The predicted octanol–water partition coefficient (Wildman–Crippen LogP) is 0.919. The summed E-state index contributed by atoms with van der Waals surface area (Å²) in [5.74, 6) is -0.775. The molecule has 0 aromatic heterocycles. The van der Waals surface area contributed by atoms with Gasteiger partial charge in [0.1, 0.15) is 0 Å². The first-order valence-electron chi connectivity index (χ1n) is 6.25. The number of carboxylic acid groups (broad SMARTS) is 1. The molecule has 1 saturated heterocycles. The molecule has 1 aliphatic heterocycles. The van der Waals surface area contributed by atoms with Crippen LogP contribution in [-0.2, 0) is 9.53 Å². The number of methoxy groups -OCH3 is 1. The minimum Gasteiger partial charge on any atom is -0.481 e. The largest absolute Gasteiger partial charge is 0.481 e. The highest BCUT2D eigenvalue weighted by atomic mass is 16.5. The van der Waals surface area contributed by atoms with Crippen LogP contribution in [0.3, 0.4) is 0 Å². The van der Waals surface area contributed by atoms with Gasteiger partial charge in [0.2, 0.25) is 0 Å². The van der Waals surface area contributed by atoms with Crippen molar-refractivity contribution in [1.29, 1.82) is 0 Å². The highest BCUT2D eigenvalue weighted by Gasteiger charge is 2.37. The lowest BCUT2D eigenvalue weighted by Gasteiger charge is -2.36. The number of hydrogen-bond donors (Lipinski definition) is 2. The van der Waals surface area contributed by atoms with Gasteiger partial charge in [0, 0.05) is 33.4 Å². The number of carboxylic acids is 1. The standard InChI is InChI=1S/C12H22N2O4/c1-12(10(15)16)4-7-14(8-5-12)11(17)13-6-3-9-18-2/h3-9H2,1-2H3,(H,13,17)(H,15,16). The van der Waals surface area contributed by atoms with Crippen LogP contribution in [0.15, 0.2) is 0 Å².